The first-order valence-electron chi connectivity index (χ1n) is 6.20. The Hall–Kier alpha value is -2.31. The Kier molecular flexibility index (Phi) is 3.29. The first kappa shape index (κ1) is 14.1. The van der Waals surface area contributed by atoms with Gasteiger partial charge in [-0.25, -0.2) is 0 Å². The molecule has 20 heavy (non-hydrogen) atoms. The molecule has 0 spiro atoms. The Morgan fingerprint density at radius 2 is 1.95 bits per heavy atom. The lowest BCUT2D eigenvalue weighted by atomic mass is 9.97. The average Bonchev–Trinajstić information content (AvgIpc) is 2.36. The molecule has 2 rings (SSSR count). The fourth-order valence-electron chi connectivity index (χ4n) is 2.02. The number of rotatable bonds is 1. The predicted molar refractivity (Wildman–Crippen MR) is 69.8 cm³/mol. The normalized spacial score (nSPS) is 17.9. The molecule has 7 heteroatoms. The number of hydrogen-bond donors (Lipinski definition) is 1. The number of amides is 3. The van der Waals surface area contributed by atoms with Crippen molar-refractivity contribution in [1.82, 2.24) is 20.4 Å². The standard InChI is InChI=1S/C13H16N4O3/c1-7-5-9(8(2)16-15-7)11(19)17-6-10(18)14-12(20)13(17,3)4/h5H,6H2,1-4H3,(H,14,18,20). The van der Waals surface area contributed by atoms with Crippen LogP contribution in [0.15, 0.2) is 6.07 Å². The Balaban J connectivity index is 2.43. The van der Waals surface area contributed by atoms with Gasteiger partial charge >= 0.3 is 0 Å². The van der Waals surface area contributed by atoms with E-state index in [1.807, 2.05) is 0 Å². The van der Waals surface area contributed by atoms with Crippen molar-refractivity contribution in [2.75, 3.05) is 6.54 Å². The van der Waals surface area contributed by atoms with Crippen molar-refractivity contribution in [2.24, 2.45) is 0 Å². The van der Waals surface area contributed by atoms with E-state index in [-0.39, 0.29) is 6.54 Å². The summed E-state index contributed by atoms with van der Waals surface area (Å²) in [6.45, 7) is 6.44. The topological polar surface area (TPSA) is 92.3 Å². The van der Waals surface area contributed by atoms with Gasteiger partial charge in [-0.2, -0.15) is 10.2 Å². The number of hydrogen-bond acceptors (Lipinski definition) is 5. The smallest absolute Gasteiger partial charge is 0.257 e. The molecule has 1 aliphatic heterocycles. The van der Waals surface area contributed by atoms with Gasteiger partial charge in [0.1, 0.15) is 12.1 Å². The van der Waals surface area contributed by atoms with Crippen LogP contribution >= 0.6 is 0 Å². The van der Waals surface area contributed by atoms with Crippen molar-refractivity contribution in [3.05, 3.63) is 23.0 Å². The molecule has 0 unspecified atom stereocenters. The molecule has 0 saturated carbocycles. The minimum Gasteiger partial charge on any atom is -0.315 e. The molecule has 0 bridgehead atoms. The van der Waals surface area contributed by atoms with Crippen molar-refractivity contribution in [3.63, 3.8) is 0 Å². The van der Waals surface area contributed by atoms with Gasteiger partial charge in [0.15, 0.2) is 0 Å². The summed E-state index contributed by atoms with van der Waals surface area (Å²) < 4.78 is 0. The van der Waals surface area contributed by atoms with E-state index in [4.69, 9.17) is 0 Å². The molecule has 1 fully saturated rings. The SMILES string of the molecule is Cc1cc(C(=O)N2CC(=O)NC(=O)C2(C)C)c(C)nn1. The summed E-state index contributed by atoms with van der Waals surface area (Å²) in [5.41, 5.74) is 0.335. The molecular weight excluding hydrogens is 260 g/mol. The molecule has 1 aromatic heterocycles. The molecule has 0 aliphatic carbocycles. The predicted octanol–water partition coefficient (Wildman–Crippen LogP) is -0.0294. The van der Waals surface area contributed by atoms with Crippen LogP contribution in [0, 0.1) is 13.8 Å². The van der Waals surface area contributed by atoms with Crippen LogP contribution in [0.3, 0.4) is 0 Å². The highest BCUT2D eigenvalue weighted by Gasteiger charge is 2.44. The number of aromatic nitrogens is 2. The Morgan fingerprint density at radius 1 is 1.30 bits per heavy atom. The lowest BCUT2D eigenvalue weighted by molar-refractivity contribution is -0.143. The van der Waals surface area contributed by atoms with Gasteiger partial charge in [0.05, 0.1) is 17.0 Å². The van der Waals surface area contributed by atoms with E-state index in [1.165, 1.54) is 4.90 Å². The number of imide groups is 1. The minimum atomic E-state index is -1.09. The van der Waals surface area contributed by atoms with Gasteiger partial charge in [-0.15, -0.1) is 0 Å². The summed E-state index contributed by atoms with van der Waals surface area (Å²) in [5, 5.41) is 10.00. The zero-order valence-electron chi connectivity index (χ0n) is 11.9. The van der Waals surface area contributed by atoms with Crippen LogP contribution in [0.5, 0.6) is 0 Å². The van der Waals surface area contributed by atoms with E-state index in [2.05, 4.69) is 15.5 Å². The van der Waals surface area contributed by atoms with Crippen LogP contribution in [0.4, 0.5) is 0 Å². The molecule has 1 aromatic rings. The van der Waals surface area contributed by atoms with E-state index in [0.29, 0.717) is 17.0 Å². The molecule has 0 aromatic carbocycles. The second-order valence-corrected chi connectivity index (χ2v) is 5.31. The van der Waals surface area contributed by atoms with Crippen LogP contribution in [-0.2, 0) is 9.59 Å². The first-order valence-corrected chi connectivity index (χ1v) is 6.20. The van der Waals surface area contributed by atoms with Crippen molar-refractivity contribution in [2.45, 2.75) is 33.2 Å². The third-order valence-corrected chi connectivity index (χ3v) is 3.36. The van der Waals surface area contributed by atoms with E-state index in [1.54, 1.807) is 33.8 Å². The summed E-state index contributed by atoms with van der Waals surface area (Å²) in [6.07, 6.45) is 0. The summed E-state index contributed by atoms with van der Waals surface area (Å²) in [6, 6.07) is 1.61. The first-order chi connectivity index (χ1) is 9.23. The van der Waals surface area contributed by atoms with Crippen molar-refractivity contribution in [3.8, 4) is 0 Å². The van der Waals surface area contributed by atoms with Gasteiger partial charge in [-0.05, 0) is 33.8 Å². The molecule has 0 atom stereocenters. The average molecular weight is 276 g/mol. The summed E-state index contributed by atoms with van der Waals surface area (Å²) >= 11 is 0. The molecule has 106 valence electrons. The molecule has 7 nitrogen and oxygen atoms in total. The third-order valence-electron chi connectivity index (χ3n) is 3.36. The number of carbonyl (C=O) groups is 3. The molecule has 0 radical (unpaired) electrons. The van der Waals surface area contributed by atoms with Gasteiger partial charge in [-0.1, -0.05) is 0 Å². The van der Waals surface area contributed by atoms with Gasteiger partial charge < -0.3 is 4.90 Å². The van der Waals surface area contributed by atoms with E-state index < -0.39 is 23.3 Å². The van der Waals surface area contributed by atoms with E-state index in [9.17, 15) is 14.4 Å². The Morgan fingerprint density at radius 3 is 2.60 bits per heavy atom. The number of aryl methyl sites for hydroxylation is 2. The van der Waals surface area contributed by atoms with Crippen LogP contribution in [0.1, 0.15) is 35.6 Å². The summed E-state index contributed by atoms with van der Waals surface area (Å²) in [5.74, 6) is -1.37. The van der Waals surface area contributed by atoms with Crippen molar-refractivity contribution < 1.29 is 14.4 Å². The highest BCUT2D eigenvalue weighted by Crippen LogP contribution is 2.22. The van der Waals surface area contributed by atoms with E-state index >= 15 is 0 Å². The fourth-order valence-corrected chi connectivity index (χ4v) is 2.02. The lowest BCUT2D eigenvalue weighted by Crippen LogP contribution is -2.65. The second kappa shape index (κ2) is 4.66. The summed E-state index contributed by atoms with van der Waals surface area (Å²) in [4.78, 5) is 37.2. The van der Waals surface area contributed by atoms with Crippen LogP contribution in [-0.4, -0.2) is 44.9 Å². The number of piperazine rings is 1. The maximum Gasteiger partial charge on any atom is 0.257 e. The van der Waals surface area contributed by atoms with Gasteiger partial charge in [-0.3, -0.25) is 19.7 Å². The van der Waals surface area contributed by atoms with Crippen LogP contribution in [0.25, 0.3) is 0 Å². The molecule has 1 N–H and O–H groups in total. The molecule has 3 amide bonds. The second-order valence-electron chi connectivity index (χ2n) is 5.31. The Labute approximate surface area is 116 Å². The monoisotopic (exact) mass is 276 g/mol. The lowest BCUT2D eigenvalue weighted by Gasteiger charge is -2.40. The molecule has 1 aliphatic rings. The van der Waals surface area contributed by atoms with Crippen LogP contribution < -0.4 is 5.32 Å². The van der Waals surface area contributed by atoms with Crippen molar-refractivity contribution in [1.29, 1.82) is 0 Å². The highest BCUT2D eigenvalue weighted by molar-refractivity contribution is 6.09. The molecule has 2 heterocycles. The van der Waals surface area contributed by atoms with Gasteiger partial charge in [0, 0.05) is 0 Å². The fraction of sp³-hybridized carbons (Fsp3) is 0.462. The number of nitrogens with zero attached hydrogens (tertiary/aromatic N) is 3. The number of nitrogens with one attached hydrogen (secondary N) is 1. The Bertz CT molecular complexity index is 610. The maximum absolute atomic E-state index is 12.6. The molecule has 1 saturated heterocycles. The van der Waals surface area contributed by atoms with Crippen LogP contribution in [0.2, 0.25) is 0 Å². The van der Waals surface area contributed by atoms with Crippen molar-refractivity contribution >= 4 is 17.7 Å². The zero-order chi connectivity index (χ0) is 15.1. The number of carbonyl (C=O) groups excluding carboxylic acids is 3. The van der Waals surface area contributed by atoms with Gasteiger partial charge in [0.2, 0.25) is 5.91 Å². The highest BCUT2D eigenvalue weighted by atomic mass is 16.2. The van der Waals surface area contributed by atoms with Gasteiger partial charge in [0.25, 0.3) is 11.8 Å². The molecular formula is C13H16N4O3. The maximum atomic E-state index is 12.6. The summed E-state index contributed by atoms with van der Waals surface area (Å²) in [7, 11) is 0. The largest absolute Gasteiger partial charge is 0.315 e. The van der Waals surface area contributed by atoms with E-state index in [0.717, 1.165) is 0 Å². The quantitative estimate of drug-likeness (QED) is 0.727. The zero-order valence-corrected chi connectivity index (χ0v) is 11.9. The third kappa shape index (κ3) is 2.26. The minimum absolute atomic E-state index is 0.154.